The van der Waals surface area contributed by atoms with Gasteiger partial charge in [-0.3, -0.25) is 0 Å². The van der Waals surface area contributed by atoms with Crippen molar-refractivity contribution in [3.05, 3.63) is 64.0 Å². The van der Waals surface area contributed by atoms with E-state index in [0.717, 1.165) is 0 Å². The molecule has 0 aliphatic carbocycles. The molecule has 0 radical (unpaired) electrons. The van der Waals surface area contributed by atoms with Crippen LogP contribution in [0.1, 0.15) is 17.0 Å². The van der Waals surface area contributed by atoms with Gasteiger partial charge in [0.15, 0.2) is 0 Å². The highest BCUT2D eigenvalue weighted by atomic mass is 35.5. The summed E-state index contributed by atoms with van der Waals surface area (Å²) in [5, 5.41) is 19.8. The summed E-state index contributed by atoms with van der Waals surface area (Å²) < 4.78 is 11.1. The van der Waals surface area contributed by atoms with Crippen LogP contribution in [0.15, 0.2) is 47.9 Å². The molecule has 25 heavy (non-hydrogen) atoms. The van der Waals surface area contributed by atoms with Gasteiger partial charge in [-0.05, 0) is 24.3 Å². The Labute approximate surface area is 149 Å². The van der Waals surface area contributed by atoms with Crippen LogP contribution in [0.25, 0.3) is 0 Å². The number of ether oxygens (including phenoxy) is 2. The predicted molar refractivity (Wildman–Crippen MR) is 93.2 cm³/mol. The number of nitriles is 1. The van der Waals surface area contributed by atoms with Gasteiger partial charge >= 0.3 is 0 Å². The molecule has 3 N–H and O–H groups in total. The van der Waals surface area contributed by atoms with Crippen LogP contribution in [-0.2, 0) is 0 Å². The lowest BCUT2D eigenvalue weighted by Crippen LogP contribution is -2.21. The number of fused-ring (bicyclic) bond motifs is 1. The minimum Gasteiger partial charge on any atom is -0.508 e. The van der Waals surface area contributed by atoms with Crippen molar-refractivity contribution in [2.45, 2.75) is 5.92 Å². The second-order valence-electron chi connectivity index (χ2n) is 5.32. The lowest BCUT2D eigenvalue weighted by atomic mass is 9.83. The number of allylic oxidation sites excluding steroid dienone is 1. The SMILES string of the molecule is C#CCOc1ccc(Cl)cc1[C@H]1C(C#N)=C(N)Oc2cc(O)ccc21. The molecule has 0 aromatic heterocycles. The molecule has 0 spiro atoms. The average Bonchev–Trinajstić information content (AvgIpc) is 2.59. The first-order valence-electron chi connectivity index (χ1n) is 7.31. The van der Waals surface area contributed by atoms with Crippen LogP contribution in [0.4, 0.5) is 0 Å². The van der Waals surface area contributed by atoms with E-state index in [2.05, 4.69) is 12.0 Å². The van der Waals surface area contributed by atoms with E-state index in [-0.39, 0.29) is 23.8 Å². The van der Waals surface area contributed by atoms with E-state index in [0.29, 0.717) is 27.6 Å². The zero-order valence-electron chi connectivity index (χ0n) is 13.0. The molecule has 124 valence electrons. The smallest absolute Gasteiger partial charge is 0.205 e. The van der Waals surface area contributed by atoms with Gasteiger partial charge in [0.1, 0.15) is 35.5 Å². The highest BCUT2D eigenvalue weighted by molar-refractivity contribution is 6.30. The van der Waals surface area contributed by atoms with Crippen LogP contribution in [0.3, 0.4) is 0 Å². The summed E-state index contributed by atoms with van der Waals surface area (Å²) in [4.78, 5) is 0. The number of phenols is 1. The lowest BCUT2D eigenvalue weighted by molar-refractivity contribution is 0.361. The summed E-state index contributed by atoms with van der Waals surface area (Å²) in [5.74, 6) is 2.71. The molecule has 0 bridgehead atoms. The first-order chi connectivity index (χ1) is 12.0. The second kappa shape index (κ2) is 6.68. The van der Waals surface area contributed by atoms with Crippen LogP contribution < -0.4 is 15.2 Å². The number of rotatable bonds is 3. The van der Waals surface area contributed by atoms with E-state index in [4.69, 9.17) is 33.2 Å². The Morgan fingerprint density at radius 1 is 1.28 bits per heavy atom. The number of nitrogens with two attached hydrogens (primary N) is 1. The summed E-state index contributed by atoms with van der Waals surface area (Å²) in [6.45, 7) is 0.0708. The third-order valence-electron chi connectivity index (χ3n) is 3.80. The van der Waals surface area contributed by atoms with Gasteiger partial charge in [-0.2, -0.15) is 5.26 Å². The number of nitrogens with zero attached hydrogens (tertiary/aromatic N) is 1. The van der Waals surface area contributed by atoms with Crippen LogP contribution in [0.2, 0.25) is 5.02 Å². The number of hydrogen-bond acceptors (Lipinski definition) is 5. The molecule has 6 heteroatoms. The standard InChI is InChI=1S/C19H13ClN2O3/c1-2-7-24-16-6-3-11(20)8-14(16)18-13-5-4-12(23)9-17(13)25-19(22)15(18)10-21/h1,3-6,8-9,18,23H,7,22H2/t18-/m0/s1. The maximum Gasteiger partial charge on any atom is 0.205 e. The Morgan fingerprint density at radius 3 is 2.80 bits per heavy atom. The first kappa shape index (κ1) is 16.6. The molecular formula is C19H13ClN2O3. The van der Waals surface area contributed by atoms with Crippen LogP contribution in [0.5, 0.6) is 17.2 Å². The van der Waals surface area contributed by atoms with Gasteiger partial charge in [-0.1, -0.05) is 23.6 Å². The number of halogens is 1. The molecule has 0 unspecified atom stereocenters. The average molecular weight is 353 g/mol. The second-order valence-corrected chi connectivity index (χ2v) is 5.76. The minimum atomic E-state index is -0.555. The summed E-state index contributed by atoms with van der Waals surface area (Å²) in [5.41, 5.74) is 7.45. The van der Waals surface area contributed by atoms with Gasteiger partial charge in [0.25, 0.3) is 0 Å². The molecule has 2 aromatic rings. The first-order valence-corrected chi connectivity index (χ1v) is 7.69. The maximum atomic E-state index is 9.70. The van der Waals surface area contributed by atoms with Gasteiger partial charge in [0.05, 0.1) is 5.92 Å². The Morgan fingerprint density at radius 2 is 2.08 bits per heavy atom. The number of aromatic hydroxyl groups is 1. The molecule has 1 atom stereocenters. The van der Waals surface area contributed by atoms with Crippen LogP contribution >= 0.6 is 11.6 Å². The Kier molecular flexibility index (Phi) is 4.43. The van der Waals surface area contributed by atoms with E-state index < -0.39 is 5.92 Å². The molecule has 1 aliphatic heterocycles. The molecule has 0 saturated carbocycles. The molecule has 0 fully saturated rings. The zero-order valence-corrected chi connectivity index (χ0v) is 13.7. The fraction of sp³-hybridized carbons (Fsp3) is 0.105. The quantitative estimate of drug-likeness (QED) is 0.827. The van der Waals surface area contributed by atoms with Crippen molar-refractivity contribution in [3.8, 4) is 35.7 Å². The molecule has 2 aromatic carbocycles. The van der Waals surface area contributed by atoms with Gasteiger partial charge in [0.2, 0.25) is 5.88 Å². The maximum absolute atomic E-state index is 9.70. The van der Waals surface area contributed by atoms with Crippen molar-refractivity contribution in [2.75, 3.05) is 6.61 Å². The molecule has 5 nitrogen and oxygen atoms in total. The number of terminal acetylenes is 1. The Balaban J connectivity index is 2.23. The fourth-order valence-electron chi connectivity index (χ4n) is 2.76. The van der Waals surface area contributed by atoms with Crippen molar-refractivity contribution < 1.29 is 14.6 Å². The van der Waals surface area contributed by atoms with Crippen molar-refractivity contribution in [3.63, 3.8) is 0 Å². The van der Waals surface area contributed by atoms with Crippen molar-refractivity contribution in [2.24, 2.45) is 5.73 Å². The molecule has 0 amide bonds. The fourth-order valence-corrected chi connectivity index (χ4v) is 2.94. The third kappa shape index (κ3) is 3.06. The van der Waals surface area contributed by atoms with Gasteiger partial charge < -0.3 is 20.3 Å². The van der Waals surface area contributed by atoms with E-state index in [9.17, 15) is 10.4 Å². The third-order valence-corrected chi connectivity index (χ3v) is 4.03. The van der Waals surface area contributed by atoms with E-state index in [1.807, 2.05) is 0 Å². The summed E-state index contributed by atoms with van der Waals surface area (Å²) in [7, 11) is 0. The van der Waals surface area contributed by atoms with Gasteiger partial charge in [-0.25, -0.2) is 0 Å². The minimum absolute atomic E-state index is 0.0283. The Hall–Kier alpha value is -3.28. The largest absolute Gasteiger partial charge is 0.508 e. The summed E-state index contributed by atoms with van der Waals surface area (Å²) >= 11 is 6.15. The monoisotopic (exact) mass is 352 g/mol. The van der Waals surface area contributed by atoms with E-state index >= 15 is 0 Å². The molecular weight excluding hydrogens is 340 g/mol. The molecule has 3 rings (SSSR count). The summed E-state index contributed by atoms with van der Waals surface area (Å²) in [6.07, 6.45) is 5.27. The molecule has 0 saturated heterocycles. The normalized spacial score (nSPS) is 15.6. The van der Waals surface area contributed by atoms with Crippen LogP contribution in [-0.4, -0.2) is 11.7 Å². The van der Waals surface area contributed by atoms with E-state index in [1.54, 1.807) is 24.3 Å². The van der Waals surface area contributed by atoms with Crippen molar-refractivity contribution in [1.82, 2.24) is 0 Å². The highest BCUT2D eigenvalue weighted by Crippen LogP contribution is 2.46. The van der Waals surface area contributed by atoms with Gasteiger partial charge in [0, 0.05) is 22.2 Å². The van der Waals surface area contributed by atoms with E-state index in [1.165, 1.54) is 12.1 Å². The van der Waals surface area contributed by atoms with Gasteiger partial charge in [-0.15, -0.1) is 6.42 Å². The summed E-state index contributed by atoms with van der Waals surface area (Å²) in [6, 6.07) is 11.8. The molecule has 1 aliphatic rings. The Bertz CT molecular complexity index is 954. The van der Waals surface area contributed by atoms with Crippen LogP contribution in [0, 0.1) is 23.7 Å². The van der Waals surface area contributed by atoms with Crippen molar-refractivity contribution in [1.29, 1.82) is 5.26 Å². The molecule has 1 heterocycles. The predicted octanol–water partition coefficient (Wildman–Crippen LogP) is 3.28. The highest BCUT2D eigenvalue weighted by Gasteiger charge is 2.33. The number of hydrogen-bond donors (Lipinski definition) is 2. The zero-order chi connectivity index (χ0) is 18.0. The number of benzene rings is 2. The van der Waals surface area contributed by atoms with Crippen molar-refractivity contribution >= 4 is 11.6 Å². The number of phenolic OH excluding ortho intramolecular Hbond substituents is 1. The topological polar surface area (TPSA) is 88.5 Å². The lowest BCUT2D eigenvalue weighted by Gasteiger charge is -2.27.